The van der Waals surface area contributed by atoms with Crippen LogP contribution < -0.4 is 5.32 Å². The first-order valence-corrected chi connectivity index (χ1v) is 3.91. The molecule has 0 amide bonds. The van der Waals surface area contributed by atoms with Crippen molar-refractivity contribution < 1.29 is 4.74 Å². The van der Waals surface area contributed by atoms with Crippen molar-refractivity contribution in [2.75, 3.05) is 20.2 Å². The monoisotopic (exact) mass is 145 g/mol. The van der Waals surface area contributed by atoms with E-state index in [1.165, 1.54) is 0 Å². The predicted molar refractivity (Wildman–Crippen MR) is 44.2 cm³/mol. The highest BCUT2D eigenvalue weighted by atomic mass is 16.5. The summed E-state index contributed by atoms with van der Waals surface area (Å²) in [7, 11) is 1.96. The number of nitrogens with one attached hydrogen (secondary N) is 1. The van der Waals surface area contributed by atoms with Gasteiger partial charge in [-0.05, 0) is 40.8 Å². The van der Waals surface area contributed by atoms with Gasteiger partial charge >= 0.3 is 0 Å². The van der Waals surface area contributed by atoms with Gasteiger partial charge in [-0.3, -0.25) is 0 Å². The molecule has 0 aromatic carbocycles. The molecule has 0 aliphatic heterocycles. The molecule has 0 aliphatic carbocycles. The summed E-state index contributed by atoms with van der Waals surface area (Å²) in [5, 5.41) is 3.10. The lowest BCUT2D eigenvalue weighted by atomic mass is 10.1. The topological polar surface area (TPSA) is 21.3 Å². The minimum absolute atomic E-state index is 0.0394. The SMILES string of the molecule is CCOC(C)(C)CCNC. The zero-order valence-electron chi connectivity index (χ0n) is 7.53. The van der Waals surface area contributed by atoms with Crippen LogP contribution in [-0.4, -0.2) is 25.8 Å². The van der Waals surface area contributed by atoms with Crippen LogP contribution in [0.1, 0.15) is 27.2 Å². The van der Waals surface area contributed by atoms with Crippen LogP contribution in [0.3, 0.4) is 0 Å². The molecule has 0 fully saturated rings. The molecule has 10 heavy (non-hydrogen) atoms. The third-order valence-corrected chi connectivity index (χ3v) is 1.51. The minimum Gasteiger partial charge on any atom is -0.376 e. The molecule has 2 heteroatoms. The second-order valence-electron chi connectivity index (χ2n) is 3.05. The number of rotatable bonds is 5. The Labute approximate surface area is 64.0 Å². The molecule has 0 rings (SSSR count). The van der Waals surface area contributed by atoms with Crippen LogP contribution >= 0.6 is 0 Å². The van der Waals surface area contributed by atoms with E-state index < -0.39 is 0 Å². The van der Waals surface area contributed by atoms with Gasteiger partial charge in [0.05, 0.1) is 5.60 Å². The molecule has 0 aromatic rings. The van der Waals surface area contributed by atoms with Gasteiger partial charge < -0.3 is 10.1 Å². The molecule has 0 bridgehead atoms. The summed E-state index contributed by atoms with van der Waals surface area (Å²) in [6.45, 7) is 8.09. The third kappa shape index (κ3) is 4.77. The maximum Gasteiger partial charge on any atom is 0.0638 e. The van der Waals surface area contributed by atoms with Gasteiger partial charge in [0.15, 0.2) is 0 Å². The van der Waals surface area contributed by atoms with Crippen molar-refractivity contribution in [3.8, 4) is 0 Å². The Bertz CT molecular complexity index is 81.3. The van der Waals surface area contributed by atoms with Crippen LogP contribution in [0.5, 0.6) is 0 Å². The summed E-state index contributed by atoms with van der Waals surface area (Å²) in [5.74, 6) is 0. The normalized spacial score (nSPS) is 12.0. The molecule has 1 N–H and O–H groups in total. The van der Waals surface area contributed by atoms with Crippen molar-refractivity contribution >= 4 is 0 Å². The molecular weight excluding hydrogens is 126 g/mol. The maximum atomic E-state index is 5.49. The summed E-state index contributed by atoms with van der Waals surface area (Å²) in [4.78, 5) is 0. The smallest absolute Gasteiger partial charge is 0.0638 e. The van der Waals surface area contributed by atoms with E-state index in [0.29, 0.717) is 0 Å². The fraction of sp³-hybridized carbons (Fsp3) is 1.00. The fourth-order valence-electron chi connectivity index (χ4n) is 0.889. The highest BCUT2D eigenvalue weighted by Gasteiger charge is 2.15. The van der Waals surface area contributed by atoms with E-state index in [1.807, 2.05) is 14.0 Å². The molecule has 0 atom stereocenters. The Hall–Kier alpha value is -0.0800. The molecule has 0 saturated heterocycles. The second kappa shape index (κ2) is 4.69. The van der Waals surface area contributed by atoms with Crippen LogP contribution in [0.2, 0.25) is 0 Å². The van der Waals surface area contributed by atoms with Crippen LogP contribution in [0.25, 0.3) is 0 Å². The lowest BCUT2D eigenvalue weighted by Gasteiger charge is -2.24. The fourth-order valence-corrected chi connectivity index (χ4v) is 0.889. The molecule has 0 aliphatic rings. The summed E-state index contributed by atoms with van der Waals surface area (Å²) >= 11 is 0. The standard InChI is InChI=1S/C8H19NO/c1-5-10-8(2,3)6-7-9-4/h9H,5-7H2,1-4H3. The molecule has 0 spiro atoms. The van der Waals surface area contributed by atoms with Gasteiger partial charge in [-0.1, -0.05) is 0 Å². The van der Waals surface area contributed by atoms with E-state index in [-0.39, 0.29) is 5.60 Å². The van der Waals surface area contributed by atoms with Gasteiger partial charge in [0, 0.05) is 6.61 Å². The Balaban J connectivity index is 3.42. The van der Waals surface area contributed by atoms with E-state index in [2.05, 4.69) is 19.2 Å². The number of hydrogen-bond donors (Lipinski definition) is 1. The van der Waals surface area contributed by atoms with Crippen molar-refractivity contribution in [3.63, 3.8) is 0 Å². The minimum atomic E-state index is 0.0394. The van der Waals surface area contributed by atoms with E-state index >= 15 is 0 Å². The highest BCUT2D eigenvalue weighted by Crippen LogP contribution is 2.12. The second-order valence-corrected chi connectivity index (χ2v) is 3.05. The molecular formula is C8H19NO. The van der Waals surface area contributed by atoms with Crippen LogP contribution in [-0.2, 0) is 4.74 Å². The summed E-state index contributed by atoms with van der Waals surface area (Å²) in [5.41, 5.74) is 0.0394. The van der Waals surface area contributed by atoms with E-state index in [9.17, 15) is 0 Å². The average molecular weight is 145 g/mol. The first-order valence-electron chi connectivity index (χ1n) is 3.91. The van der Waals surface area contributed by atoms with Crippen LogP contribution in [0.4, 0.5) is 0 Å². The Morgan fingerprint density at radius 1 is 1.40 bits per heavy atom. The zero-order chi connectivity index (χ0) is 8.04. The molecule has 62 valence electrons. The molecule has 0 aromatic heterocycles. The molecule has 0 radical (unpaired) electrons. The van der Waals surface area contributed by atoms with Gasteiger partial charge in [0.25, 0.3) is 0 Å². The molecule has 0 saturated carbocycles. The van der Waals surface area contributed by atoms with Crippen molar-refractivity contribution in [3.05, 3.63) is 0 Å². The van der Waals surface area contributed by atoms with Gasteiger partial charge in [-0.15, -0.1) is 0 Å². The lowest BCUT2D eigenvalue weighted by molar-refractivity contribution is -0.0153. The molecule has 0 unspecified atom stereocenters. The Kier molecular flexibility index (Phi) is 4.65. The van der Waals surface area contributed by atoms with Crippen LogP contribution in [0, 0.1) is 0 Å². The van der Waals surface area contributed by atoms with Crippen molar-refractivity contribution in [2.24, 2.45) is 0 Å². The summed E-state index contributed by atoms with van der Waals surface area (Å²) < 4.78 is 5.49. The highest BCUT2D eigenvalue weighted by molar-refractivity contribution is 4.68. The first-order chi connectivity index (χ1) is 4.62. The van der Waals surface area contributed by atoms with Crippen molar-refractivity contribution in [1.29, 1.82) is 0 Å². The van der Waals surface area contributed by atoms with Crippen molar-refractivity contribution in [1.82, 2.24) is 5.32 Å². The zero-order valence-corrected chi connectivity index (χ0v) is 7.53. The Morgan fingerprint density at radius 2 is 2.00 bits per heavy atom. The van der Waals surface area contributed by atoms with Gasteiger partial charge in [0.2, 0.25) is 0 Å². The first kappa shape index (κ1) is 9.92. The van der Waals surface area contributed by atoms with E-state index in [4.69, 9.17) is 4.74 Å². The molecule has 0 heterocycles. The van der Waals surface area contributed by atoms with Crippen LogP contribution in [0.15, 0.2) is 0 Å². The average Bonchev–Trinajstić information content (AvgIpc) is 1.84. The molecule has 2 nitrogen and oxygen atoms in total. The van der Waals surface area contributed by atoms with Gasteiger partial charge in [-0.25, -0.2) is 0 Å². The van der Waals surface area contributed by atoms with Crippen molar-refractivity contribution in [2.45, 2.75) is 32.8 Å². The van der Waals surface area contributed by atoms with Gasteiger partial charge in [-0.2, -0.15) is 0 Å². The van der Waals surface area contributed by atoms with E-state index in [0.717, 1.165) is 19.6 Å². The summed E-state index contributed by atoms with van der Waals surface area (Å²) in [6, 6.07) is 0. The van der Waals surface area contributed by atoms with E-state index in [1.54, 1.807) is 0 Å². The number of ether oxygens (including phenoxy) is 1. The van der Waals surface area contributed by atoms with Gasteiger partial charge in [0.1, 0.15) is 0 Å². The number of hydrogen-bond acceptors (Lipinski definition) is 2. The maximum absolute atomic E-state index is 5.49. The third-order valence-electron chi connectivity index (χ3n) is 1.51. The Morgan fingerprint density at radius 3 is 2.40 bits per heavy atom. The summed E-state index contributed by atoms with van der Waals surface area (Å²) in [6.07, 6.45) is 1.07. The lowest BCUT2D eigenvalue weighted by Crippen LogP contribution is -2.28. The predicted octanol–water partition coefficient (Wildman–Crippen LogP) is 1.41. The quantitative estimate of drug-likeness (QED) is 0.631. The largest absolute Gasteiger partial charge is 0.376 e.